The van der Waals surface area contributed by atoms with Crippen molar-refractivity contribution in [2.24, 2.45) is 0 Å². The van der Waals surface area contributed by atoms with E-state index in [9.17, 15) is 4.79 Å². The maximum Gasteiger partial charge on any atom is 0.276 e. The molecule has 1 aromatic heterocycles. The lowest BCUT2D eigenvalue weighted by molar-refractivity contribution is 0.102. The van der Waals surface area contributed by atoms with E-state index in [1.165, 1.54) is 31.3 Å². The maximum absolute atomic E-state index is 12.3. The molecule has 5 heteroatoms. The summed E-state index contributed by atoms with van der Waals surface area (Å²) in [4.78, 5) is 12.3. The Hall–Kier alpha value is -2.69. The smallest absolute Gasteiger partial charge is 0.276 e. The number of amides is 1. The minimum absolute atomic E-state index is 0.249. The lowest BCUT2D eigenvalue weighted by Crippen LogP contribution is -2.15. The molecule has 1 aliphatic carbocycles. The van der Waals surface area contributed by atoms with Gasteiger partial charge in [0.25, 0.3) is 5.91 Å². The first-order valence-corrected chi connectivity index (χ1v) is 8.85. The second-order valence-corrected chi connectivity index (χ2v) is 6.36. The van der Waals surface area contributed by atoms with Gasteiger partial charge in [-0.2, -0.15) is 0 Å². The molecule has 0 spiro atoms. The number of para-hydroxylation sites is 1. The van der Waals surface area contributed by atoms with Gasteiger partial charge in [0.1, 0.15) is 5.82 Å². The predicted molar refractivity (Wildman–Crippen MR) is 101 cm³/mol. The zero-order valence-corrected chi connectivity index (χ0v) is 14.6. The fourth-order valence-electron chi connectivity index (χ4n) is 2.93. The highest BCUT2D eigenvalue weighted by atomic mass is 16.1. The number of hydrogen-bond donors (Lipinski definition) is 2. The zero-order chi connectivity index (χ0) is 17.5. The molecule has 130 valence electrons. The van der Waals surface area contributed by atoms with Gasteiger partial charge in [0.05, 0.1) is 0 Å². The van der Waals surface area contributed by atoms with Crippen LogP contribution in [0.4, 0.5) is 11.5 Å². The van der Waals surface area contributed by atoms with Gasteiger partial charge < -0.3 is 10.6 Å². The van der Waals surface area contributed by atoms with Crippen LogP contribution in [0, 0.1) is 6.92 Å². The van der Waals surface area contributed by atoms with Crippen LogP contribution in [-0.2, 0) is 0 Å². The Balaban J connectivity index is 1.52. The Morgan fingerprint density at radius 1 is 1.12 bits per heavy atom. The van der Waals surface area contributed by atoms with Gasteiger partial charge >= 0.3 is 0 Å². The first kappa shape index (κ1) is 17.1. The van der Waals surface area contributed by atoms with Crippen molar-refractivity contribution < 1.29 is 4.79 Å². The highest BCUT2D eigenvalue weighted by molar-refractivity contribution is 6.03. The number of anilines is 2. The van der Waals surface area contributed by atoms with E-state index in [1.54, 1.807) is 12.1 Å². The highest BCUT2D eigenvalue weighted by Gasteiger charge is 2.10. The Labute approximate surface area is 148 Å². The van der Waals surface area contributed by atoms with Gasteiger partial charge in [0.2, 0.25) is 0 Å². The standard InChI is InChI=1S/C20H24N4O/c1-15-7-5-6-10-17(15)22-20(25)18-11-12-19(24-23-18)21-14-13-16-8-3-2-4-9-16/h5-8,10-12H,2-4,9,13-14H2,1H3,(H,21,24)(H,22,25). The third-order valence-electron chi connectivity index (χ3n) is 4.43. The van der Waals surface area contributed by atoms with E-state index in [0.717, 1.165) is 24.2 Å². The number of benzene rings is 1. The van der Waals surface area contributed by atoms with E-state index in [0.29, 0.717) is 11.5 Å². The second-order valence-electron chi connectivity index (χ2n) is 6.36. The van der Waals surface area contributed by atoms with Gasteiger partial charge in [-0.15, -0.1) is 10.2 Å². The molecule has 0 saturated heterocycles. The number of aromatic nitrogens is 2. The Morgan fingerprint density at radius 2 is 2.00 bits per heavy atom. The molecular formula is C20H24N4O. The third kappa shape index (κ3) is 4.89. The summed E-state index contributed by atoms with van der Waals surface area (Å²) in [5.41, 5.74) is 3.64. The van der Waals surface area contributed by atoms with Crippen LogP contribution in [0.15, 0.2) is 48.0 Å². The van der Waals surface area contributed by atoms with E-state index in [4.69, 9.17) is 0 Å². The largest absolute Gasteiger partial charge is 0.368 e. The van der Waals surface area contributed by atoms with Gasteiger partial charge in [-0.3, -0.25) is 4.79 Å². The van der Waals surface area contributed by atoms with Crippen LogP contribution in [0.5, 0.6) is 0 Å². The minimum Gasteiger partial charge on any atom is -0.368 e. The summed E-state index contributed by atoms with van der Waals surface area (Å²) in [6.07, 6.45) is 8.43. The highest BCUT2D eigenvalue weighted by Crippen LogP contribution is 2.20. The molecule has 1 amide bonds. The number of nitrogens with one attached hydrogen (secondary N) is 2. The van der Waals surface area contributed by atoms with Crippen LogP contribution in [-0.4, -0.2) is 22.6 Å². The van der Waals surface area contributed by atoms with E-state index in [1.807, 2.05) is 31.2 Å². The van der Waals surface area contributed by atoms with Crippen LogP contribution in [0.3, 0.4) is 0 Å². The van der Waals surface area contributed by atoms with E-state index < -0.39 is 0 Å². The van der Waals surface area contributed by atoms with Crippen molar-refractivity contribution in [2.45, 2.75) is 39.0 Å². The SMILES string of the molecule is Cc1ccccc1NC(=O)c1ccc(NCCC2=CCCCC2)nn1. The number of nitrogens with zero attached hydrogens (tertiary/aromatic N) is 2. The van der Waals surface area contributed by atoms with E-state index in [2.05, 4.69) is 26.9 Å². The van der Waals surface area contributed by atoms with Crippen molar-refractivity contribution in [1.29, 1.82) is 0 Å². The van der Waals surface area contributed by atoms with Gasteiger partial charge in [-0.05, 0) is 62.8 Å². The Kier molecular flexibility index (Phi) is 5.77. The van der Waals surface area contributed by atoms with Crippen molar-refractivity contribution in [1.82, 2.24) is 10.2 Å². The van der Waals surface area contributed by atoms with Gasteiger partial charge in [0, 0.05) is 12.2 Å². The normalized spacial score (nSPS) is 13.9. The molecule has 0 fully saturated rings. The summed E-state index contributed by atoms with van der Waals surface area (Å²) in [7, 11) is 0. The van der Waals surface area contributed by atoms with E-state index >= 15 is 0 Å². The summed E-state index contributed by atoms with van der Waals surface area (Å²) in [6.45, 7) is 2.80. The number of allylic oxidation sites excluding steroid dienone is 1. The summed E-state index contributed by atoms with van der Waals surface area (Å²) < 4.78 is 0. The molecule has 0 aliphatic heterocycles. The lowest BCUT2D eigenvalue weighted by Gasteiger charge is -2.13. The third-order valence-corrected chi connectivity index (χ3v) is 4.43. The molecule has 2 aromatic rings. The van der Waals surface area contributed by atoms with Crippen LogP contribution in [0.1, 0.15) is 48.2 Å². The molecule has 1 aromatic carbocycles. The van der Waals surface area contributed by atoms with Gasteiger partial charge in [-0.1, -0.05) is 29.8 Å². The predicted octanol–water partition coefficient (Wildman–Crippen LogP) is 4.34. The van der Waals surface area contributed by atoms with Crippen LogP contribution in [0.25, 0.3) is 0 Å². The van der Waals surface area contributed by atoms with Gasteiger partial charge in [0.15, 0.2) is 5.69 Å². The topological polar surface area (TPSA) is 66.9 Å². The zero-order valence-electron chi connectivity index (χ0n) is 14.6. The summed E-state index contributed by atoms with van der Waals surface area (Å²) >= 11 is 0. The molecule has 2 N–H and O–H groups in total. The quantitative estimate of drug-likeness (QED) is 0.770. The van der Waals surface area contributed by atoms with Crippen molar-refractivity contribution in [3.8, 4) is 0 Å². The van der Waals surface area contributed by atoms with Crippen LogP contribution in [0.2, 0.25) is 0 Å². The number of hydrogen-bond acceptors (Lipinski definition) is 4. The molecule has 0 atom stereocenters. The van der Waals surface area contributed by atoms with Crippen LogP contribution >= 0.6 is 0 Å². The van der Waals surface area contributed by atoms with Crippen LogP contribution < -0.4 is 10.6 Å². The maximum atomic E-state index is 12.3. The Bertz CT molecular complexity index is 753. The molecule has 0 radical (unpaired) electrons. The monoisotopic (exact) mass is 336 g/mol. The Morgan fingerprint density at radius 3 is 2.72 bits per heavy atom. The van der Waals surface area contributed by atoms with Crippen molar-refractivity contribution >= 4 is 17.4 Å². The molecule has 1 heterocycles. The number of carbonyl (C=O) groups excluding carboxylic acids is 1. The summed E-state index contributed by atoms with van der Waals surface area (Å²) in [5, 5.41) is 14.3. The molecule has 0 unspecified atom stereocenters. The molecular weight excluding hydrogens is 312 g/mol. The van der Waals surface area contributed by atoms with Gasteiger partial charge in [-0.25, -0.2) is 0 Å². The lowest BCUT2D eigenvalue weighted by atomic mass is 9.97. The first-order valence-electron chi connectivity index (χ1n) is 8.85. The summed E-state index contributed by atoms with van der Waals surface area (Å²) in [5.74, 6) is 0.449. The van der Waals surface area contributed by atoms with Crippen molar-refractivity contribution in [2.75, 3.05) is 17.2 Å². The number of aryl methyl sites for hydroxylation is 1. The molecule has 3 rings (SSSR count). The fourth-order valence-corrected chi connectivity index (χ4v) is 2.93. The van der Waals surface area contributed by atoms with Crippen molar-refractivity contribution in [3.05, 3.63) is 59.3 Å². The number of carbonyl (C=O) groups is 1. The average Bonchev–Trinajstić information content (AvgIpc) is 2.65. The molecule has 0 saturated carbocycles. The van der Waals surface area contributed by atoms with Crippen molar-refractivity contribution in [3.63, 3.8) is 0 Å². The second kappa shape index (κ2) is 8.42. The fraction of sp³-hybridized carbons (Fsp3) is 0.350. The molecule has 5 nitrogen and oxygen atoms in total. The van der Waals surface area contributed by atoms with E-state index in [-0.39, 0.29) is 5.91 Å². The minimum atomic E-state index is -0.249. The molecule has 0 bridgehead atoms. The summed E-state index contributed by atoms with van der Waals surface area (Å²) in [6, 6.07) is 11.2. The molecule has 25 heavy (non-hydrogen) atoms. The molecule has 1 aliphatic rings. The average molecular weight is 336 g/mol. The first-order chi connectivity index (χ1) is 12.2. The number of rotatable bonds is 6.